The van der Waals surface area contributed by atoms with Gasteiger partial charge in [0.25, 0.3) is 0 Å². The lowest BCUT2D eigenvalue weighted by molar-refractivity contribution is 0.392. The topological polar surface area (TPSA) is 0 Å². The first kappa shape index (κ1) is 39.5. The summed E-state index contributed by atoms with van der Waals surface area (Å²) in [5.74, 6) is 1.000. The molecule has 40 heavy (non-hydrogen) atoms. The molecule has 0 aliphatic carbocycles. The van der Waals surface area contributed by atoms with Gasteiger partial charge in [0.1, 0.15) is 0 Å². The highest BCUT2D eigenvalue weighted by molar-refractivity contribution is 4.82. The normalized spacial score (nSPS) is 12.8. The molecule has 0 spiro atoms. The van der Waals surface area contributed by atoms with Crippen LogP contribution in [0.25, 0.3) is 0 Å². The predicted octanol–water partition coefficient (Wildman–Crippen LogP) is 15.3. The minimum atomic E-state index is 1.000. The Morgan fingerprint density at radius 1 is 0.300 bits per heavy atom. The van der Waals surface area contributed by atoms with E-state index in [2.05, 4.69) is 45.1 Å². The average molecular weight is 559 g/mol. The van der Waals surface area contributed by atoms with Crippen LogP contribution in [0.3, 0.4) is 0 Å². The third kappa shape index (κ3) is 33.7. The summed E-state index contributed by atoms with van der Waals surface area (Å²) in [6, 6.07) is 0. The molecule has 0 fully saturated rings. The van der Waals surface area contributed by atoms with Crippen LogP contribution in [-0.4, -0.2) is 0 Å². The zero-order chi connectivity index (χ0) is 29.0. The van der Waals surface area contributed by atoms with Crippen LogP contribution >= 0.6 is 0 Å². The lowest BCUT2D eigenvalue weighted by Gasteiger charge is -2.14. The molecule has 0 radical (unpaired) electrons. The van der Waals surface area contributed by atoms with Gasteiger partial charge in [-0.25, -0.2) is 0 Å². The number of hydrogen-bond acceptors (Lipinski definition) is 0. The molecule has 0 aliphatic rings. The van der Waals surface area contributed by atoms with Crippen molar-refractivity contribution in [1.82, 2.24) is 0 Å². The van der Waals surface area contributed by atoms with Crippen molar-refractivity contribution in [2.75, 3.05) is 0 Å². The fourth-order valence-electron chi connectivity index (χ4n) is 6.09. The first-order valence-corrected chi connectivity index (χ1v) is 19.1. The first-order valence-electron chi connectivity index (χ1n) is 19.1. The van der Waals surface area contributed by atoms with E-state index in [0.29, 0.717) is 0 Å². The maximum Gasteiger partial charge on any atom is -0.0351 e. The molecule has 0 bridgehead atoms. The Labute approximate surface area is 256 Å². The van der Waals surface area contributed by atoms with Crippen LogP contribution in [-0.2, 0) is 0 Å². The van der Waals surface area contributed by atoms with E-state index in [0.717, 1.165) is 5.92 Å². The zero-order valence-electron chi connectivity index (χ0n) is 28.5. The van der Waals surface area contributed by atoms with Gasteiger partial charge >= 0.3 is 0 Å². The molecule has 0 aromatic rings. The summed E-state index contributed by atoms with van der Waals surface area (Å²) in [7, 11) is 0. The van der Waals surface area contributed by atoms with Gasteiger partial charge in [-0.3, -0.25) is 0 Å². The first-order chi connectivity index (χ1) is 19.8. The van der Waals surface area contributed by atoms with Gasteiger partial charge in [0.15, 0.2) is 0 Å². The van der Waals surface area contributed by atoms with Crippen molar-refractivity contribution in [2.24, 2.45) is 5.92 Å². The van der Waals surface area contributed by atoms with Gasteiger partial charge in [-0.2, -0.15) is 0 Å². The van der Waals surface area contributed by atoms with Gasteiger partial charge in [0.05, 0.1) is 0 Å². The van der Waals surface area contributed by atoms with Crippen molar-refractivity contribution in [2.45, 2.75) is 226 Å². The molecule has 0 rings (SSSR count). The van der Waals surface area contributed by atoms with Crippen LogP contribution < -0.4 is 0 Å². The highest BCUT2D eigenvalue weighted by atomic mass is 14.1. The minimum absolute atomic E-state index is 1.000. The Balaban J connectivity index is 3.33. The van der Waals surface area contributed by atoms with Crippen LogP contribution in [0.5, 0.6) is 0 Å². The third-order valence-electron chi connectivity index (χ3n) is 9.08. The highest BCUT2D eigenvalue weighted by Gasteiger charge is 2.06. The molecule has 0 heterocycles. The molecule has 0 aliphatic heterocycles. The Morgan fingerprint density at radius 2 is 0.550 bits per heavy atom. The van der Waals surface area contributed by atoms with Crippen LogP contribution in [0, 0.1) is 5.92 Å². The van der Waals surface area contributed by atoms with Crippen LogP contribution in [0.2, 0.25) is 0 Å². The third-order valence-corrected chi connectivity index (χ3v) is 9.08. The zero-order valence-corrected chi connectivity index (χ0v) is 28.5. The number of allylic oxidation sites excluding steroid dienone is 4. The van der Waals surface area contributed by atoms with Gasteiger partial charge in [0.2, 0.25) is 0 Å². The molecule has 0 amide bonds. The van der Waals surface area contributed by atoms with Gasteiger partial charge in [-0.15, -0.1) is 0 Å². The Hall–Kier alpha value is -0.520. The van der Waals surface area contributed by atoms with Gasteiger partial charge in [-0.1, -0.05) is 199 Å². The molecule has 0 heteroatoms. The van der Waals surface area contributed by atoms with Crippen molar-refractivity contribution >= 4 is 0 Å². The SMILES string of the molecule is CCCCCCCC/C=C\CCCCCCCCCC(CC)CCCCCCCC/C=C\CCCCCCCC. The molecule has 0 aromatic carbocycles. The summed E-state index contributed by atoms with van der Waals surface area (Å²) >= 11 is 0. The van der Waals surface area contributed by atoms with E-state index in [1.807, 2.05) is 0 Å². The molecule has 0 saturated carbocycles. The Bertz CT molecular complexity index is 486. The van der Waals surface area contributed by atoms with Crippen LogP contribution in [0.4, 0.5) is 0 Å². The summed E-state index contributed by atoms with van der Waals surface area (Å²) in [5, 5.41) is 0. The maximum atomic E-state index is 2.45. The monoisotopic (exact) mass is 559 g/mol. The number of unbranched alkanes of at least 4 members (excludes halogenated alkanes) is 25. The van der Waals surface area contributed by atoms with Crippen LogP contribution in [0.1, 0.15) is 226 Å². The molecular weight excluding hydrogens is 480 g/mol. The van der Waals surface area contributed by atoms with Crippen molar-refractivity contribution in [3.8, 4) is 0 Å². The Morgan fingerprint density at radius 3 is 0.825 bits per heavy atom. The molecule has 0 saturated heterocycles. The largest absolute Gasteiger partial charge is 0.0885 e. The van der Waals surface area contributed by atoms with Crippen molar-refractivity contribution in [3.63, 3.8) is 0 Å². The molecule has 1 unspecified atom stereocenters. The lowest BCUT2D eigenvalue weighted by atomic mass is 9.92. The van der Waals surface area contributed by atoms with E-state index in [4.69, 9.17) is 0 Å². The summed E-state index contributed by atoms with van der Waals surface area (Å²) < 4.78 is 0. The van der Waals surface area contributed by atoms with E-state index in [-0.39, 0.29) is 0 Å². The fourth-order valence-corrected chi connectivity index (χ4v) is 6.09. The molecular formula is C40H78. The van der Waals surface area contributed by atoms with Crippen LogP contribution in [0.15, 0.2) is 24.3 Å². The Kier molecular flexibility index (Phi) is 36.0. The van der Waals surface area contributed by atoms with E-state index >= 15 is 0 Å². The smallest absolute Gasteiger partial charge is 0.0351 e. The summed E-state index contributed by atoms with van der Waals surface area (Å²) in [4.78, 5) is 0. The maximum absolute atomic E-state index is 2.45. The highest BCUT2D eigenvalue weighted by Crippen LogP contribution is 2.22. The quantitative estimate of drug-likeness (QED) is 0.0544. The molecule has 0 aromatic heterocycles. The van der Waals surface area contributed by atoms with Gasteiger partial charge in [-0.05, 0) is 57.3 Å². The second kappa shape index (κ2) is 36.5. The fraction of sp³-hybridized carbons (Fsp3) is 0.900. The van der Waals surface area contributed by atoms with Gasteiger partial charge < -0.3 is 0 Å². The second-order valence-corrected chi connectivity index (χ2v) is 13.1. The number of hydrogen-bond donors (Lipinski definition) is 0. The van der Waals surface area contributed by atoms with Gasteiger partial charge in [0, 0.05) is 0 Å². The molecule has 0 N–H and O–H groups in total. The predicted molar refractivity (Wildman–Crippen MR) is 187 cm³/mol. The standard InChI is InChI=1S/C40H78/c1-4-7-9-11-13-15-17-19-21-23-25-27-29-31-33-35-37-39-40(6-3)38-36-34-32-30-28-26-24-22-20-18-16-14-12-10-8-5-2/h19-22,40H,4-18,23-39H2,1-3H3/b21-19-,22-20-. The van der Waals surface area contributed by atoms with Crippen molar-refractivity contribution < 1.29 is 0 Å². The number of rotatable bonds is 34. The summed E-state index contributed by atoms with van der Waals surface area (Å²) in [5.41, 5.74) is 0. The van der Waals surface area contributed by atoms with Crippen molar-refractivity contribution in [3.05, 3.63) is 24.3 Å². The average Bonchev–Trinajstić information content (AvgIpc) is 2.97. The van der Waals surface area contributed by atoms with E-state index in [1.54, 1.807) is 0 Å². The molecule has 1 atom stereocenters. The summed E-state index contributed by atoms with van der Waals surface area (Å²) in [6.07, 6.45) is 55.3. The van der Waals surface area contributed by atoms with Crippen molar-refractivity contribution in [1.29, 1.82) is 0 Å². The summed E-state index contributed by atoms with van der Waals surface area (Å²) in [6.45, 7) is 7.02. The van der Waals surface area contributed by atoms with E-state index < -0.39 is 0 Å². The van der Waals surface area contributed by atoms with E-state index in [1.165, 1.54) is 205 Å². The second-order valence-electron chi connectivity index (χ2n) is 13.1. The minimum Gasteiger partial charge on any atom is -0.0885 e. The van der Waals surface area contributed by atoms with E-state index in [9.17, 15) is 0 Å². The molecule has 0 nitrogen and oxygen atoms in total. The molecule has 238 valence electrons. The lowest BCUT2D eigenvalue weighted by Crippen LogP contribution is -1.99.